The van der Waals surface area contributed by atoms with Crippen molar-refractivity contribution in [2.45, 2.75) is 25.2 Å². The summed E-state index contributed by atoms with van der Waals surface area (Å²) in [5.74, 6) is 0.430. The average Bonchev–Trinajstić information content (AvgIpc) is 2.19. The van der Waals surface area contributed by atoms with Crippen molar-refractivity contribution < 1.29 is 9.50 Å². The van der Waals surface area contributed by atoms with Crippen LogP contribution in [0.15, 0.2) is 23.5 Å². The molecule has 0 saturated carbocycles. The van der Waals surface area contributed by atoms with E-state index in [1.165, 1.54) is 5.57 Å². The first-order valence-electron chi connectivity index (χ1n) is 4.94. The number of hydrogen-bond donors (Lipinski definition) is 3. The maximum Gasteiger partial charge on any atom is 0.141 e. The first-order valence-corrected chi connectivity index (χ1v) is 4.94. The predicted molar refractivity (Wildman–Crippen MR) is 52.7 cm³/mol. The maximum absolute atomic E-state index is 12.8. The molecule has 3 nitrogen and oxygen atoms in total. The molecule has 0 bridgehead atoms. The highest BCUT2D eigenvalue weighted by Gasteiger charge is 2.29. The molecule has 0 aromatic rings. The lowest BCUT2D eigenvalue weighted by atomic mass is 10.0. The number of allylic oxidation sites excluding steroid dienone is 3. The fourth-order valence-corrected chi connectivity index (χ4v) is 1.58. The summed E-state index contributed by atoms with van der Waals surface area (Å²) >= 11 is 0. The van der Waals surface area contributed by atoms with Crippen LogP contribution in [0.1, 0.15) is 12.8 Å². The van der Waals surface area contributed by atoms with Crippen LogP contribution >= 0.6 is 0 Å². The molecule has 1 saturated heterocycles. The lowest BCUT2D eigenvalue weighted by molar-refractivity contribution is 0.133. The van der Waals surface area contributed by atoms with Crippen molar-refractivity contribution in [1.29, 1.82) is 0 Å². The Labute approximate surface area is 82.7 Å². The first-order chi connectivity index (χ1) is 6.75. The molecule has 1 aliphatic heterocycles. The minimum atomic E-state index is -0.761. The minimum Gasteiger partial charge on any atom is -0.512 e. The van der Waals surface area contributed by atoms with Gasteiger partial charge >= 0.3 is 0 Å². The lowest BCUT2D eigenvalue weighted by Gasteiger charge is -2.33. The Morgan fingerprint density at radius 3 is 2.86 bits per heavy atom. The third kappa shape index (κ3) is 2.13. The molecule has 4 heteroatoms. The second-order valence-electron chi connectivity index (χ2n) is 3.77. The van der Waals surface area contributed by atoms with E-state index in [0.717, 1.165) is 6.42 Å². The number of rotatable bonds is 3. The van der Waals surface area contributed by atoms with E-state index in [2.05, 4.69) is 10.6 Å². The molecule has 14 heavy (non-hydrogen) atoms. The quantitative estimate of drug-likeness (QED) is 0.634. The Bertz CT molecular complexity index is 275. The Morgan fingerprint density at radius 2 is 2.36 bits per heavy atom. The highest BCUT2D eigenvalue weighted by Crippen LogP contribution is 2.16. The minimum absolute atomic E-state index is 0.185. The van der Waals surface area contributed by atoms with Gasteiger partial charge < -0.3 is 5.11 Å². The first kappa shape index (κ1) is 9.68. The topological polar surface area (TPSA) is 44.3 Å². The summed E-state index contributed by atoms with van der Waals surface area (Å²) in [5, 5.41) is 15.2. The molecule has 2 aliphatic rings. The normalized spacial score (nSPS) is 31.8. The van der Waals surface area contributed by atoms with Crippen molar-refractivity contribution in [2.24, 2.45) is 0 Å². The van der Waals surface area contributed by atoms with Gasteiger partial charge in [-0.25, -0.2) is 4.39 Å². The third-order valence-electron chi connectivity index (χ3n) is 2.66. The van der Waals surface area contributed by atoms with Gasteiger partial charge in [-0.1, -0.05) is 11.6 Å². The van der Waals surface area contributed by atoms with Crippen molar-refractivity contribution in [1.82, 2.24) is 10.6 Å². The van der Waals surface area contributed by atoms with Crippen LogP contribution < -0.4 is 10.6 Å². The van der Waals surface area contributed by atoms with Gasteiger partial charge in [-0.2, -0.15) is 0 Å². The van der Waals surface area contributed by atoms with Crippen molar-refractivity contribution in [2.75, 3.05) is 13.1 Å². The number of halogens is 1. The molecule has 2 atom stereocenters. The van der Waals surface area contributed by atoms with Crippen LogP contribution in [0.4, 0.5) is 4.39 Å². The summed E-state index contributed by atoms with van der Waals surface area (Å²) in [6.07, 6.45) is 4.22. The fourth-order valence-electron chi connectivity index (χ4n) is 1.58. The standard InChI is InChI=1S/C10H15FN2O/c11-9-6-13-10(9)12-5-7-1-3-8(14)4-2-7/h1,3,9-10,12-14H,2,4-6H2/t9?,10-/m1/s1. The smallest absolute Gasteiger partial charge is 0.141 e. The summed E-state index contributed by atoms with van der Waals surface area (Å²) in [6.45, 7) is 1.15. The van der Waals surface area contributed by atoms with Gasteiger partial charge in [0.2, 0.25) is 0 Å². The van der Waals surface area contributed by atoms with Gasteiger partial charge in [-0.15, -0.1) is 0 Å². The van der Waals surface area contributed by atoms with Gasteiger partial charge in [-0.3, -0.25) is 10.6 Å². The van der Waals surface area contributed by atoms with Crippen molar-refractivity contribution in [3.8, 4) is 0 Å². The van der Waals surface area contributed by atoms with E-state index in [9.17, 15) is 4.39 Å². The van der Waals surface area contributed by atoms with Crippen LogP contribution in [0.2, 0.25) is 0 Å². The Morgan fingerprint density at radius 1 is 1.50 bits per heavy atom. The molecule has 0 spiro atoms. The summed E-state index contributed by atoms with van der Waals surface area (Å²) in [4.78, 5) is 0. The Kier molecular flexibility index (Phi) is 2.84. The summed E-state index contributed by atoms with van der Waals surface area (Å²) in [6, 6.07) is 0. The molecular weight excluding hydrogens is 183 g/mol. The monoisotopic (exact) mass is 198 g/mol. The molecule has 0 amide bonds. The van der Waals surface area contributed by atoms with Gasteiger partial charge in [0.1, 0.15) is 6.17 Å². The van der Waals surface area contributed by atoms with E-state index in [-0.39, 0.29) is 6.17 Å². The van der Waals surface area contributed by atoms with Crippen LogP contribution in [0, 0.1) is 0 Å². The van der Waals surface area contributed by atoms with Gasteiger partial charge in [0.05, 0.1) is 11.9 Å². The second-order valence-corrected chi connectivity index (χ2v) is 3.77. The molecule has 1 fully saturated rings. The van der Waals surface area contributed by atoms with Crippen LogP contribution in [-0.4, -0.2) is 30.5 Å². The summed E-state index contributed by atoms with van der Waals surface area (Å²) in [5.41, 5.74) is 1.21. The summed E-state index contributed by atoms with van der Waals surface area (Å²) < 4.78 is 12.8. The highest BCUT2D eigenvalue weighted by molar-refractivity contribution is 5.21. The number of aliphatic hydroxyl groups is 1. The number of nitrogens with one attached hydrogen (secondary N) is 2. The average molecular weight is 198 g/mol. The zero-order valence-corrected chi connectivity index (χ0v) is 7.96. The molecule has 1 aliphatic carbocycles. The van der Waals surface area contributed by atoms with Gasteiger partial charge in [0, 0.05) is 19.5 Å². The third-order valence-corrected chi connectivity index (χ3v) is 2.66. The van der Waals surface area contributed by atoms with Crippen molar-refractivity contribution >= 4 is 0 Å². The highest BCUT2D eigenvalue weighted by atomic mass is 19.1. The van der Waals surface area contributed by atoms with Crippen molar-refractivity contribution in [3.05, 3.63) is 23.5 Å². The molecular formula is C10H15FN2O. The van der Waals surface area contributed by atoms with Crippen LogP contribution in [0.25, 0.3) is 0 Å². The molecule has 2 rings (SSSR count). The molecule has 1 heterocycles. The van der Waals surface area contributed by atoms with Crippen LogP contribution in [0.5, 0.6) is 0 Å². The Balaban J connectivity index is 1.75. The number of hydrogen-bond acceptors (Lipinski definition) is 3. The van der Waals surface area contributed by atoms with Crippen molar-refractivity contribution in [3.63, 3.8) is 0 Å². The summed E-state index contributed by atoms with van der Waals surface area (Å²) in [7, 11) is 0. The molecule has 1 unspecified atom stereocenters. The Hall–Kier alpha value is -0.870. The maximum atomic E-state index is 12.8. The molecule has 78 valence electrons. The molecule has 0 aromatic heterocycles. The molecule has 3 N–H and O–H groups in total. The zero-order valence-electron chi connectivity index (χ0n) is 7.96. The van der Waals surface area contributed by atoms with E-state index in [1.807, 2.05) is 6.08 Å². The van der Waals surface area contributed by atoms with Gasteiger partial charge in [0.25, 0.3) is 0 Å². The van der Waals surface area contributed by atoms with Gasteiger partial charge in [-0.05, 0) is 12.5 Å². The van der Waals surface area contributed by atoms with Gasteiger partial charge in [0.15, 0.2) is 0 Å². The molecule has 0 aromatic carbocycles. The SMILES string of the molecule is OC1=CC=C(CN[C@@H]2NCC2F)CC1. The number of aliphatic hydroxyl groups excluding tert-OH is 1. The zero-order chi connectivity index (χ0) is 9.97. The van der Waals surface area contributed by atoms with Crippen LogP contribution in [-0.2, 0) is 0 Å². The fraction of sp³-hybridized carbons (Fsp3) is 0.600. The van der Waals surface area contributed by atoms with E-state index in [0.29, 0.717) is 25.3 Å². The van der Waals surface area contributed by atoms with E-state index in [4.69, 9.17) is 5.11 Å². The predicted octanol–water partition coefficient (Wildman–Crippen LogP) is 1.01. The lowest BCUT2D eigenvalue weighted by Crippen LogP contribution is -2.62. The number of alkyl halides is 1. The van der Waals surface area contributed by atoms with Crippen LogP contribution in [0.3, 0.4) is 0 Å². The van der Waals surface area contributed by atoms with E-state index < -0.39 is 6.17 Å². The van der Waals surface area contributed by atoms with E-state index in [1.54, 1.807) is 6.08 Å². The largest absolute Gasteiger partial charge is 0.512 e. The molecule has 0 radical (unpaired) electrons. The van der Waals surface area contributed by atoms with E-state index >= 15 is 0 Å². The second kappa shape index (κ2) is 4.11.